The van der Waals surface area contributed by atoms with Crippen LogP contribution in [0.4, 0.5) is 16.2 Å². The van der Waals surface area contributed by atoms with Gasteiger partial charge in [-0.3, -0.25) is 4.79 Å². The molecule has 0 radical (unpaired) electrons. The first-order valence-electron chi connectivity index (χ1n) is 9.73. The number of nitrogens with zero attached hydrogens (tertiary/aromatic N) is 1. The number of anilines is 2. The van der Waals surface area contributed by atoms with Gasteiger partial charge in [-0.2, -0.15) is 0 Å². The fourth-order valence-corrected chi connectivity index (χ4v) is 3.28. The van der Waals surface area contributed by atoms with Gasteiger partial charge in [0.25, 0.3) is 5.91 Å². The molecular weight excluding hydrogens is 362 g/mol. The lowest BCUT2D eigenvalue weighted by atomic mass is 10.0. The zero-order valence-electron chi connectivity index (χ0n) is 17.1. The fraction of sp³-hybridized carbons (Fsp3) is 0.600. The fourth-order valence-electron chi connectivity index (χ4n) is 3.28. The molecule has 1 aromatic rings. The first-order chi connectivity index (χ1) is 13.3. The first kappa shape index (κ1) is 22.0. The Morgan fingerprint density at radius 3 is 2.32 bits per heavy atom. The summed E-state index contributed by atoms with van der Waals surface area (Å²) in [6, 6.07) is 5.92. The van der Waals surface area contributed by atoms with E-state index in [-0.39, 0.29) is 11.9 Å². The number of carbonyl (C=O) groups is 2. The normalized spacial score (nSPS) is 15.4. The summed E-state index contributed by atoms with van der Waals surface area (Å²) in [5, 5.41) is 15.4. The molecule has 1 saturated heterocycles. The van der Waals surface area contributed by atoms with E-state index < -0.39 is 11.9 Å². The zero-order chi connectivity index (χ0) is 20.7. The van der Waals surface area contributed by atoms with Gasteiger partial charge in [0.1, 0.15) is 0 Å². The summed E-state index contributed by atoms with van der Waals surface area (Å²) in [6.45, 7) is 8.88. The number of hydrogen-bond donors (Lipinski definition) is 3. The van der Waals surface area contributed by atoms with Gasteiger partial charge in [0, 0.05) is 32.3 Å². The molecule has 0 unspecified atom stereocenters. The van der Waals surface area contributed by atoms with E-state index in [0.29, 0.717) is 44.8 Å². The van der Waals surface area contributed by atoms with Crippen LogP contribution in [0.2, 0.25) is 0 Å². The number of amides is 2. The number of rotatable bonds is 8. The second-order valence-corrected chi connectivity index (χ2v) is 7.00. The van der Waals surface area contributed by atoms with Gasteiger partial charge < -0.3 is 30.1 Å². The van der Waals surface area contributed by atoms with E-state index in [9.17, 15) is 9.59 Å². The SMILES string of the molecule is CCOC(C)(OCC)C(=O)Nc1cc(C)ccc1NC1CCN(C(=O)O)CC1. The number of aryl methyl sites for hydroxylation is 1. The third-order valence-electron chi connectivity index (χ3n) is 4.80. The predicted octanol–water partition coefficient (Wildman–Crippen LogP) is 3.28. The highest BCUT2D eigenvalue weighted by molar-refractivity contribution is 5.98. The maximum absolute atomic E-state index is 12.8. The number of carbonyl (C=O) groups excluding carboxylic acids is 1. The van der Waals surface area contributed by atoms with E-state index in [1.807, 2.05) is 39.0 Å². The van der Waals surface area contributed by atoms with Gasteiger partial charge >= 0.3 is 6.09 Å². The summed E-state index contributed by atoms with van der Waals surface area (Å²) in [6.07, 6.45) is 0.541. The summed E-state index contributed by atoms with van der Waals surface area (Å²) >= 11 is 0. The summed E-state index contributed by atoms with van der Waals surface area (Å²) in [4.78, 5) is 25.3. The summed E-state index contributed by atoms with van der Waals surface area (Å²) < 4.78 is 11.1. The molecule has 2 rings (SSSR count). The standard InChI is InChI=1S/C20H31N3O5/c1-5-27-20(4,28-6-2)18(24)22-17-13-14(3)7-8-16(17)21-15-9-11-23(12-10-15)19(25)26/h7-8,13,15,21H,5-6,9-12H2,1-4H3,(H,22,24)(H,25,26). The molecule has 28 heavy (non-hydrogen) atoms. The smallest absolute Gasteiger partial charge is 0.407 e. The van der Waals surface area contributed by atoms with Gasteiger partial charge in [-0.25, -0.2) is 4.79 Å². The van der Waals surface area contributed by atoms with Gasteiger partial charge in [-0.15, -0.1) is 0 Å². The van der Waals surface area contributed by atoms with Crippen molar-refractivity contribution in [1.29, 1.82) is 0 Å². The minimum absolute atomic E-state index is 0.138. The molecule has 1 fully saturated rings. The predicted molar refractivity (Wildman–Crippen MR) is 108 cm³/mol. The summed E-state index contributed by atoms with van der Waals surface area (Å²) in [7, 11) is 0. The number of piperidine rings is 1. The van der Waals surface area contributed by atoms with Gasteiger partial charge in [0.05, 0.1) is 11.4 Å². The number of carboxylic acid groups (broad SMARTS) is 1. The van der Waals surface area contributed by atoms with Gasteiger partial charge in [0.2, 0.25) is 5.79 Å². The third-order valence-corrected chi connectivity index (χ3v) is 4.80. The Morgan fingerprint density at radius 1 is 1.18 bits per heavy atom. The lowest BCUT2D eigenvalue weighted by molar-refractivity contribution is -0.214. The van der Waals surface area contributed by atoms with Crippen molar-refractivity contribution < 1.29 is 24.2 Å². The molecule has 2 amide bonds. The number of likely N-dealkylation sites (tertiary alicyclic amines) is 1. The highest BCUT2D eigenvalue weighted by Gasteiger charge is 2.35. The second-order valence-electron chi connectivity index (χ2n) is 7.00. The van der Waals surface area contributed by atoms with Crippen molar-refractivity contribution in [2.75, 3.05) is 36.9 Å². The summed E-state index contributed by atoms with van der Waals surface area (Å²) in [5.74, 6) is -1.73. The van der Waals surface area contributed by atoms with Crippen LogP contribution in [0.3, 0.4) is 0 Å². The molecule has 0 aliphatic carbocycles. The van der Waals surface area contributed by atoms with Crippen LogP contribution in [-0.4, -0.2) is 60.1 Å². The second kappa shape index (κ2) is 9.75. The zero-order valence-corrected chi connectivity index (χ0v) is 17.1. The van der Waals surface area contributed by atoms with Crippen molar-refractivity contribution in [1.82, 2.24) is 4.90 Å². The lowest BCUT2D eigenvalue weighted by Crippen LogP contribution is -2.45. The topological polar surface area (TPSA) is 100 Å². The van der Waals surface area contributed by atoms with Crippen molar-refractivity contribution in [2.45, 2.75) is 52.4 Å². The number of benzene rings is 1. The molecule has 0 aromatic heterocycles. The van der Waals surface area contributed by atoms with Crippen LogP contribution in [0, 0.1) is 6.92 Å². The van der Waals surface area contributed by atoms with Crippen LogP contribution in [0.15, 0.2) is 18.2 Å². The van der Waals surface area contributed by atoms with E-state index in [4.69, 9.17) is 14.6 Å². The molecule has 0 spiro atoms. The number of ether oxygens (including phenoxy) is 2. The van der Waals surface area contributed by atoms with Crippen LogP contribution < -0.4 is 10.6 Å². The Kier molecular flexibility index (Phi) is 7.65. The van der Waals surface area contributed by atoms with Crippen LogP contribution >= 0.6 is 0 Å². The van der Waals surface area contributed by atoms with E-state index in [1.165, 1.54) is 4.90 Å². The Labute approximate surface area is 166 Å². The molecule has 3 N–H and O–H groups in total. The van der Waals surface area contributed by atoms with Crippen LogP contribution in [0.1, 0.15) is 39.2 Å². The molecule has 156 valence electrons. The average Bonchev–Trinajstić information content (AvgIpc) is 2.64. The highest BCUT2D eigenvalue weighted by atomic mass is 16.7. The molecule has 0 atom stereocenters. The molecule has 8 heteroatoms. The molecule has 1 heterocycles. The number of nitrogens with one attached hydrogen (secondary N) is 2. The minimum Gasteiger partial charge on any atom is -0.465 e. The Balaban J connectivity index is 2.12. The van der Waals surface area contributed by atoms with Crippen LogP contribution in [-0.2, 0) is 14.3 Å². The van der Waals surface area contributed by atoms with Crippen molar-refractivity contribution >= 4 is 23.4 Å². The summed E-state index contributed by atoms with van der Waals surface area (Å²) in [5.41, 5.74) is 2.45. The number of hydrogen-bond acceptors (Lipinski definition) is 5. The van der Waals surface area contributed by atoms with Gasteiger partial charge in [-0.05, 0) is 58.2 Å². The average molecular weight is 393 g/mol. The van der Waals surface area contributed by atoms with Gasteiger partial charge in [0.15, 0.2) is 0 Å². The van der Waals surface area contributed by atoms with Crippen molar-refractivity contribution in [3.05, 3.63) is 23.8 Å². The van der Waals surface area contributed by atoms with E-state index in [2.05, 4.69) is 10.6 Å². The Morgan fingerprint density at radius 2 is 1.79 bits per heavy atom. The van der Waals surface area contributed by atoms with E-state index >= 15 is 0 Å². The molecule has 0 bridgehead atoms. The quantitative estimate of drug-likeness (QED) is 0.586. The molecular formula is C20H31N3O5. The van der Waals surface area contributed by atoms with Crippen molar-refractivity contribution in [2.24, 2.45) is 0 Å². The van der Waals surface area contributed by atoms with E-state index in [0.717, 1.165) is 11.3 Å². The third kappa shape index (κ3) is 5.59. The first-order valence-corrected chi connectivity index (χ1v) is 9.73. The van der Waals surface area contributed by atoms with E-state index in [1.54, 1.807) is 6.92 Å². The largest absolute Gasteiger partial charge is 0.465 e. The van der Waals surface area contributed by atoms with Gasteiger partial charge in [-0.1, -0.05) is 6.07 Å². The van der Waals surface area contributed by atoms with Crippen molar-refractivity contribution in [3.63, 3.8) is 0 Å². The molecule has 1 aromatic carbocycles. The molecule has 1 aliphatic heterocycles. The maximum atomic E-state index is 12.8. The highest BCUT2D eigenvalue weighted by Crippen LogP contribution is 2.28. The molecule has 8 nitrogen and oxygen atoms in total. The van der Waals surface area contributed by atoms with Crippen molar-refractivity contribution in [3.8, 4) is 0 Å². The molecule has 1 aliphatic rings. The molecule has 0 saturated carbocycles. The van der Waals surface area contributed by atoms with Crippen LogP contribution in [0.5, 0.6) is 0 Å². The lowest BCUT2D eigenvalue weighted by Gasteiger charge is -2.32. The van der Waals surface area contributed by atoms with Crippen LogP contribution in [0.25, 0.3) is 0 Å². The maximum Gasteiger partial charge on any atom is 0.407 e. The monoisotopic (exact) mass is 393 g/mol. The minimum atomic E-state index is -1.36. The Bertz CT molecular complexity index is 680. The Hall–Kier alpha value is -2.32.